The number of rotatable bonds is 2. The number of hydrogen-bond acceptors (Lipinski definition) is 3. The Bertz CT molecular complexity index is 445. The van der Waals surface area contributed by atoms with E-state index in [1.54, 1.807) is 0 Å². The molecule has 0 spiro atoms. The number of benzene rings is 1. The fourth-order valence-electron chi connectivity index (χ4n) is 1.81. The molecular weight excluding hydrogens is 228 g/mol. The highest BCUT2D eigenvalue weighted by molar-refractivity contribution is 5.97. The summed E-state index contributed by atoms with van der Waals surface area (Å²) in [6.45, 7) is 0.749. The quantitative estimate of drug-likeness (QED) is 0.682. The number of halogens is 2. The van der Waals surface area contributed by atoms with Crippen LogP contribution in [-0.2, 0) is 4.79 Å². The Morgan fingerprint density at radius 1 is 1.47 bits per heavy atom. The SMILES string of the molecule is Nc1ccc(F)c(F)c1NC(=O)C1CCCN1. The van der Waals surface area contributed by atoms with E-state index in [9.17, 15) is 13.6 Å². The molecule has 92 valence electrons. The van der Waals surface area contributed by atoms with Crippen molar-refractivity contribution in [3.8, 4) is 0 Å². The number of nitrogens with two attached hydrogens (primary N) is 1. The van der Waals surface area contributed by atoms with Crippen LogP contribution in [0.2, 0.25) is 0 Å². The van der Waals surface area contributed by atoms with E-state index in [0.29, 0.717) is 6.42 Å². The van der Waals surface area contributed by atoms with E-state index in [1.165, 1.54) is 6.07 Å². The van der Waals surface area contributed by atoms with Crippen LogP contribution in [0, 0.1) is 11.6 Å². The molecular formula is C11H13F2N3O. The van der Waals surface area contributed by atoms with Gasteiger partial charge in [-0.2, -0.15) is 0 Å². The van der Waals surface area contributed by atoms with E-state index < -0.39 is 17.5 Å². The minimum absolute atomic E-state index is 0.00949. The van der Waals surface area contributed by atoms with Crippen LogP contribution >= 0.6 is 0 Å². The molecule has 0 aromatic heterocycles. The van der Waals surface area contributed by atoms with Crippen LogP contribution in [-0.4, -0.2) is 18.5 Å². The normalized spacial score (nSPS) is 19.3. The summed E-state index contributed by atoms with van der Waals surface area (Å²) in [6, 6.07) is 1.78. The van der Waals surface area contributed by atoms with E-state index in [-0.39, 0.29) is 17.4 Å². The van der Waals surface area contributed by atoms with Gasteiger partial charge in [-0.05, 0) is 31.5 Å². The zero-order chi connectivity index (χ0) is 12.4. The van der Waals surface area contributed by atoms with Crippen LogP contribution in [0.4, 0.5) is 20.2 Å². The highest BCUT2D eigenvalue weighted by Gasteiger charge is 2.24. The number of carbonyl (C=O) groups is 1. The Morgan fingerprint density at radius 2 is 2.24 bits per heavy atom. The maximum absolute atomic E-state index is 13.4. The summed E-state index contributed by atoms with van der Waals surface area (Å²) in [5, 5.41) is 5.28. The number of carbonyl (C=O) groups excluding carboxylic acids is 1. The predicted molar refractivity (Wildman–Crippen MR) is 60.4 cm³/mol. The first-order valence-corrected chi connectivity index (χ1v) is 5.37. The third-order valence-corrected chi connectivity index (χ3v) is 2.75. The van der Waals surface area contributed by atoms with Gasteiger partial charge in [-0.3, -0.25) is 4.79 Å². The summed E-state index contributed by atoms with van der Waals surface area (Å²) in [5.41, 5.74) is 5.22. The van der Waals surface area contributed by atoms with Gasteiger partial charge in [0.15, 0.2) is 11.6 Å². The zero-order valence-electron chi connectivity index (χ0n) is 9.09. The van der Waals surface area contributed by atoms with Gasteiger partial charge in [0.1, 0.15) is 5.69 Å². The fraction of sp³-hybridized carbons (Fsp3) is 0.364. The Morgan fingerprint density at radius 3 is 2.88 bits per heavy atom. The lowest BCUT2D eigenvalue weighted by Crippen LogP contribution is -2.36. The van der Waals surface area contributed by atoms with Gasteiger partial charge in [0.25, 0.3) is 0 Å². The summed E-state index contributed by atoms with van der Waals surface area (Å²) >= 11 is 0. The topological polar surface area (TPSA) is 67.1 Å². The predicted octanol–water partition coefficient (Wildman–Crippen LogP) is 1.24. The Hall–Kier alpha value is -1.69. The molecule has 1 unspecified atom stereocenters. The molecule has 0 bridgehead atoms. The van der Waals surface area contributed by atoms with Crippen LogP contribution < -0.4 is 16.4 Å². The number of nitrogen functional groups attached to an aromatic ring is 1. The number of amides is 1. The zero-order valence-corrected chi connectivity index (χ0v) is 9.09. The second kappa shape index (κ2) is 4.67. The maximum atomic E-state index is 13.4. The third-order valence-electron chi connectivity index (χ3n) is 2.75. The molecule has 4 N–H and O–H groups in total. The molecule has 1 amide bonds. The third kappa shape index (κ3) is 2.36. The lowest BCUT2D eigenvalue weighted by Gasteiger charge is -2.13. The van der Waals surface area contributed by atoms with Crippen LogP contribution in [0.25, 0.3) is 0 Å². The first kappa shape index (κ1) is 11.8. The van der Waals surface area contributed by atoms with E-state index in [2.05, 4.69) is 10.6 Å². The molecule has 1 saturated heterocycles. The van der Waals surface area contributed by atoms with Crippen LogP contribution in [0.5, 0.6) is 0 Å². The standard InChI is InChI=1S/C11H13F2N3O/c12-6-3-4-7(14)10(9(6)13)16-11(17)8-2-1-5-15-8/h3-4,8,15H,1-2,5,14H2,(H,16,17). The van der Waals surface area contributed by atoms with Crippen molar-refractivity contribution < 1.29 is 13.6 Å². The van der Waals surface area contributed by atoms with Gasteiger partial charge in [-0.15, -0.1) is 0 Å². The summed E-state index contributed by atoms with van der Waals surface area (Å²) in [6.07, 6.45) is 1.57. The van der Waals surface area contributed by atoms with Gasteiger partial charge in [0, 0.05) is 0 Å². The monoisotopic (exact) mass is 241 g/mol. The summed E-state index contributed by atoms with van der Waals surface area (Å²) in [5.74, 6) is -2.55. The van der Waals surface area contributed by atoms with E-state index in [1.807, 2.05) is 0 Å². The second-order valence-corrected chi connectivity index (χ2v) is 3.96. The first-order valence-electron chi connectivity index (χ1n) is 5.37. The molecule has 1 fully saturated rings. The first-order chi connectivity index (χ1) is 8.09. The Kier molecular flexibility index (Phi) is 3.23. The minimum Gasteiger partial charge on any atom is -0.397 e. The van der Waals surface area contributed by atoms with Gasteiger partial charge < -0.3 is 16.4 Å². The lowest BCUT2D eigenvalue weighted by atomic mass is 10.2. The average molecular weight is 241 g/mol. The molecule has 1 aromatic rings. The van der Waals surface area contributed by atoms with E-state index in [4.69, 9.17) is 5.73 Å². The summed E-state index contributed by atoms with van der Waals surface area (Å²) in [4.78, 5) is 11.7. The molecule has 4 nitrogen and oxygen atoms in total. The van der Waals surface area contributed by atoms with Gasteiger partial charge in [-0.1, -0.05) is 0 Å². The van der Waals surface area contributed by atoms with E-state index in [0.717, 1.165) is 19.0 Å². The highest BCUT2D eigenvalue weighted by Crippen LogP contribution is 2.25. The lowest BCUT2D eigenvalue weighted by molar-refractivity contribution is -0.117. The van der Waals surface area contributed by atoms with Crippen LogP contribution in [0.1, 0.15) is 12.8 Å². The molecule has 1 heterocycles. The van der Waals surface area contributed by atoms with Gasteiger partial charge in [0.2, 0.25) is 5.91 Å². The van der Waals surface area contributed by atoms with Crippen molar-refractivity contribution in [2.24, 2.45) is 0 Å². The molecule has 1 aliphatic heterocycles. The molecule has 1 aromatic carbocycles. The Labute approximate surface area is 97.2 Å². The summed E-state index contributed by atoms with van der Waals surface area (Å²) < 4.78 is 26.4. The van der Waals surface area contributed by atoms with Crippen molar-refractivity contribution >= 4 is 17.3 Å². The molecule has 1 atom stereocenters. The van der Waals surface area contributed by atoms with Gasteiger partial charge >= 0.3 is 0 Å². The van der Waals surface area contributed by atoms with Crippen molar-refractivity contribution in [1.82, 2.24) is 5.32 Å². The van der Waals surface area contributed by atoms with Crippen molar-refractivity contribution in [3.63, 3.8) is 0 Å². The van der Waals surface area contributed by atoms with Gasteiger partial charge in [0.05, 0.1) is 11.7 Å². The van der Waals surface area contributed by atoms with E-state index >= 15 is 0 Å². The van der Waals surface area contributed by atoms with Crippen molar-refractivity contribution in [1.29, 1.82) is 0 Å². The average Bonchev–Trinajstić information content (AvgIpc) is 2.83. The number of anilines is 2. The smallest absolute Gasteiger partial charge is 0.241 e. The van der Waals surface area contributed by atoms with Crippen molar-refractivity contribution in [3.05, 3.63) is 23.8 Å². The molecule has 0 radical (unpaired) electrons. The fourth-order valence-corrected chi connectivity index (χ4v) is 1.81. The second-order valence-electron chi connectivity index (χ2n) is 3.96. The van der Waals surface area contributed by atoms with Gasteiger partial charge in [-0.25, -0.2) is 8.78 Å². The van der Waals surface area contributed by atoms with Crippen LogP contribution in [0.15, 0.2) is 12.1 Å². The highest BCUT2D eigenvalue weighted by atomic mass is 19.2. The molecule has 17 heavy (non-hydrogen) atoms. The van der Waals surface area contributed by atoms with Crippen LogP contribution in [0.3, 0.4) is 0 Å². The van der Waals surface area contributed by atoms with Crippen molar-refractivity contribution in [2.75, 3.05) is 17.6 Å². The molecule has 6 heteroatoms. The Balaban J connectivity index is 2.17. The number of hydrogen-bond donors (Lipinski definition) is 3. The molecule has 0 aliphatic carbocycles. The molecule has 0 saturated carbocycles. The molecule has 1 aliphatic rings. The largest absolute Gasteiger partial charge is 0.397 e. The minimum atomic E-state index is -1.13. The summed E-state index contributed by atoms with van der Waals surface area (Å²) in [7, 11) is 0. The molecule has 2 rings (SSSR count). The maximum Gasteiger partial charge on any atom is 0.241 e. The van der Waals surface area contributed by atoms with Crippen molar-refractivity contribution in [2.45, 2.75) is 18.9 Å². The number of nitrogens with one attached hydrogen (secondary N) is 2.